The largest absolute Gasteiger partial charge is 0.493 e. The lowest BCUT2D eigenvalue weighted by atomic mass is 10.0. The number of aryl methyl sites for hydroxylation is 2. The minimum absolute atomic E-state index is 0.223. The summed E-state index contributed by atoms with van der Waals surface area (Å²) in [6, 6.07) is 4.34. The molecule has 2 heterocycles. The summed E-state index contributed by atoms with van der Waals surface area (Å²) < 4.78 is 7.42. The quantitative estimate of drug-likeness (QED) is 0.841. The third kappa shape index (κ3) is 3.17. The number of pyridine rings is 1. The second kappa shape index (κ2) is 7.05. The number of methoxy groups -OCH3 is 1. The maximum Gasteiger partial charge on any atom is 0.161 e. The van der Waals surface area contributed by atoms with Gasteiger partial charge in [-0.05, 0) is 44.5 Å². The van der Waals surface area contributed by atoms with Crippen molar-refractivity contribution >= 4 is 0 Å². The van der Waals surface area contributed by atoms with Crippen molar-refractivity contribution in [2.24, 2.45) is 0 Å². The fraction of sp³-hybridized carbons (Fsp3) is 0.467. The van der Waals surface area contributed by atoms with Crippen molar-refractivity contribution in [3.63, 3.8) is 0 Å². The molecule has 2 rings (SSSR count). The van der Waals surface area contributed by atoms with Crippen LogP contribution in [0.1, 0.15) is 30.6 Å². The van der Waals surface area contributed by atoms with E-state index in [0.29, 0.717) is 0 Å². The van der Waals surface area contributed by atoms with Crippen LogP contribution in [0.3, 0.4) is 0 Å². The maximum absolute atomic E-state index is 5.43. The molecular weight excluding hydrogens is 252 g/mol. The van der Waals surface area contributed by atoms with E-state index in [2.05, 4.69) is 34.5 Å². The van der Waals surface area contributed by atoms with E-state index in [-0.39, 0.29) is 6.04 Å². The van der Waals surface area contributed by atoms with Crippen LogP contribution in [0.15, 0.2) is 30.7 Å². The Bertz CT molecular complexity index is 502. The average Bonchev–Trinajstić information content (AvgIpc) is 2.92. The van der Waals surface area contributed by atoms with E-state index < -0.39 is 0 Å². The number of hydrogen-bond acceptors (Lipinski definition) is 4. The van der Waals surface area contributed by atoms with Gasteiger partial charge < -0.3 is 10.1 Å². The van der Waals surface area contributed by atoms with Crippen LogP contribution in [-0.2, 0) is 13.0 Å². The molecular formula is C15H22N4O. The molecule has 0 saturated heterocycles. The van der Waals surface area contributed by atoms with Crippen LogP contribution in [0.2, 0.25) is 0 Å². The Balaban J connectivity index is 2.13. The van der Waals surface area contributed by atoms with Gasteiger partial charge in [0.05, 0.1) is 25.0 Å². The van der Waals surface area contributed by atoms with Crippen LogP contribution < -0.4 is 10.1 Å². The number of nitrogens with zero attached hydrogens (tertiary/aromatic N) is 3. The first-order chi connectivity index (χ1) is 9.80. The lowest BCUT2D eigenvalue weighted by Crippen LogP contribution is -2.21. The Hall–Kier alpha value is -1.88. The molecule has 2 aromatic heterocycles. The van der Waals surface area contributed by atoms with Crippen molar-refractivity contribution in [2.45, 2.75) is 32.4 Å². The van der Waals surface area contributed by atoms with E-state index in [1.807, 2.05) is 24.1 Å². The van der Waals surface area contributed by atoms with Crippen molar-refractivity contribution in [1.82, 2.24) is 20.1 Å². The minimum Gasteiger partial charge on any atom is -0.493 e. The molecule has 20 heavy (non-hydrogen) atoms. The van der Waals surface area contributed by atoms with Gasteiger partial charge in [0.15, 0.2) is 5.75 Å². The minimum atomic E-state index is 0.223. The van der Waals surface area contributed by atoms with Crippen molar-refractivity contribution < 1.29 is 4.74 Å². The smallest absolute Gasteiger partial charge is 0.161 e. The molecule has 0 aliphatic heterocycles. The highest BCUT2D eigenvalue weighted by atomic mass is 16.5. The molecule has 0 fully saturated rings. The molecule has 0 aromatic carbocycles. The second-order valence-corrected chi connectivity index (χ2v) is 4.65. The highest BCUT2D eigenvalue weighted by Crippen LogP contribution is 2.27. The van der Waals surface area contributed by atoms with Crippen LogP contribution in [0.4, 0.5) is 0 Å². The number of nitrogens with one attached hydrogen (secondary N) is 1. The third-order valence-corrected chi connectivity index (χ3v) is 3.51. The van der Waals surface area contributed by atoms with E-state index >= 15 is 0 Å². The zero-order chi connectivity index (χ0) is 14.4. The average molecular weight is 274 g/mol. The third-order valence-electron chi connectivity index (χ3n) is 3.51. The van der Waals surface area contributed by atoms with Gasteiger partial charge in [-0.15, -0.1) is 0 Å². The predicted molar refractivity (Wildman–Crippen MR) is 78.8 cm³/mol. The molecule has 5 heteroatoms. The zero-order valence-corrected chi connectivity index (χ0v) is 12.3. The Morgan fingerprint density at radius 2 is 2.10 bits per heavy atom. The van der Waals surface area contributed by atoms with Crippen LogP contribution in [0.25, 0.3) is 0 Å². The molecule has 2 aromatic rings. The fourth-order valence-electron chi connectivity index (χ4n) is 2.42. The van der Waals surface area contributed by atoms with Crippen LogP contribution in [0.5, 0.6) is 5.75 Å². The lowest BCUT2D eigenvalue weighted by molar-refractivity contribution is 0.391. The van der Waals surface area contributed by atoms with Gasteiger partial charge >= 0.3 is 0 Å². The first-order valence-corrected chi connectivity index (χ1v) is 6.96. The first-order valence-electron chi connectivity index (χ1n) is 6.96. The summed E-state index contributed by atoms with van der Waals surface area (Å²) in [6.07, 6.45) is 7.44. The number of hydrogen-bond donors (Lipinski definition) is 1. The van der Waals surface area contributed by atoms with E-state index in [0.717, 1.165) is 30.8 Å². The number of aromatic nitrogens is 3. The summed E-state index contributed by atoms with van der Waals surface area (Å²) in [5, 5.41) is 7.74. The Kier molecular flexibility index (Phi) is 5.12. The topological polar surface area (TPSA) is 52.0 Å². The molecule has 1 unspecified atom stereocenters. The van der Waals surface area contributed by atoms with Gasteiger partial charge in [-0.1, -0.05) is 0 Å². The molecule has 0 radical (unpaired) electrons. The lowest BCUT2D eigenvalue weighted by Gasteiger charge is -2.19. The van der Waals surface area contributed by atoms with E-state index in [4.69, 9.17) is 4.74 Å². The molecule has 108 valence electrons. The monoisotopic (exact) mass is 274 g/mol. The molecule has 0 amide bonds. The number of rotatable bonds is 7. The predicted octanol–water partition coefficient (Wildman–Crippen LogP) is 2.20. The van der Waals surface area contributed by atoms with Crippen LogP contribution in [-0.4, -0.2) is 28.9 Å². The van der Waals surface area contributed by atoms with Crippen molar-refractivity contribution in [1.29, 1.82) is 0 Å². The van der Waals surface area contributed by atoms with Crippen molar-refractivity contribution in [2.75, 3.05) is 14.2 Å². The van der Waals surface area contributed by atoms with Gasteiger partial charge in [-0.25, -0.2) is 0 Å². The van der Waals surface area contributed by atoms with E-state index in [1.165, 1.54) is 5.56 Å². The van der Waals surface area contributed by atoms with Crippen molar-refractivity contribution in [3.8, 4) is 5.75 Å². The van der Waals surface area contributed by atoms with Gasteiger partial charge in [-0.3, -0.25) is 9.67 Å². The van der Waals surface area contributed by atoms with Gasteiger partial charge in [0.2, 0.25) is 0 Å². The Morgan fingerprint density at radius 3 is 2.70 bits per heavy atom. The highest BCUT2D eigenvalue weighted by Gasteiger charge is 2.19. The van der Waals surface area contributed by atoms with Crippen LogP contribution >= 0.6 is 0 Å². The van der Waals surface area contributed by atoms with Gasteiger partial charge in [0.1, 0.15) is 0 Å². The Morgan fingerprint density at radius 1 is 1.35 bits per heavy atom. The van der Waals surface area contributed by atoms with E-state index in [1.54, 1.807) is 13.3 Å². The summed E-state index contributed by atoms with van der Waals surface area (Å²) in [6.45, 7) is 2.93. The maximum atomic E-state index is 5.43. The summed E-state index contributed by atoms with van der Waals surface area (Å²) in [5.41, 5.74) is 2.41. The highest BCUT2D eigenvalue weighted by molar-refractivity contribution is 5.28. The standard InChI is InChI=1S/C15H22N4O/c1-4-19-15(14(20-3)11-18-19)13(16-2)6-5-12-7-9-17-10-8-12/h7-11,13,16H,4-6H2,1-3H3. The molecule has 0 aliphatic rings. The number of ether oxygens (including phenoxy) is 1. The molecule has 5 nitrogen and oxygen atoms in total. The summed E-state index contributed by atoms with van der Waals surface area (Å²) >= 11 is 0. The van der Waals surface area contributed by atoms with Gasteiger partial charge in [-0.2, -0.15) is 5.10 Å². The molecule has 0 bridgehead atoms. The molecule has 1 atom stereocenters. The van der Waals surface area contributed by atoms with Crippen molar-refractivity contribution in [3.05, 3.63) is 42.0 Å². The van der Waals surface area contributed by atoms with E-state index in [9.17, 15) is 0 Å². The Labute approximate surface area is 120 Å². The first kappa shape index (κ1) is 14.5. The normalized spacial score (nSPS) is 12.3. The summed E-state index contributed by atoms with van der Waals surface area (Å²) in [4.78, 5) is 4.05. The molecule has 1 N–H and O–H groups in total. The molecule has 0 aliphatic carbocycles. The zero-order valence-electron chi connectivity index (χ0n) is 12.3. The van der Waals surface area contributed by atoms with Gasteiger partial charge in [0, 0.05) is 18.9 Å². The SMILES string of the molecule is CCn1ncc(OC)c1C(CCc1ccncc1)NC. The van der Waals surface area contributed by atoms with Gasteiger partial charge in [0.25, 0.3) is 0 Å². The molecule has 0 spiro atoms. The molecule has 0 saturated carbocycles. The van der Waals surface area contributed by atoms with Crippen LogP contribution in [0, 0.1) is 0 Å². The fourth-order valence-corrected chi connectivity index (χ4v) is 2.42. The summed E-state index contributed by atoms with van der Waals surface area (Å²) in [7, 11) is 3.67. The summed E-state index contributed by atoms with van der Waals surface area (Å²) in [5.74, 6) is 0.848. The second-order valence-electron chi connectivity index (χ2n) is 4.65.